The second kappa shape index (κ2) is 5.58. The number of aliphatic hydroxyl groups is 2. The van der Waals surface area contributed by atoms with E-state index in [1.807, 2.05) is 0 Å². The van der Waals surface area contributed by atoms with Gasteiger partial charge in [-0.2, -0.15) is 0 Å². The molecule has 1 aliphatic rings. The van der Waals surface area contributed by atoms with Crippen LogP contribution in [0.2, 0.25) is 0 Å². The second-order valence-electron chi connectivity index (χ2n) is 4.10. The molecule has 3 heteroatoms. The minimum absolute atomic E-state index is 0.0981. The van der Waals surface area contributed by atoms with E-state index in [9.17, 15) is 5.11 Å². The molecule has 0 radical (unpaired) electrons. The van der Waals surface area contributed by atoms with E-state index in [0.717, 1.165) is 38.8 Å². The zero-order chi connectivity index (χ0) is 9.68. The van der Waals surface area contributed by atoms with Gasteiger partial charge in [0, 0.05) is 6.54 Å². The van der Waals surface area contributed by atoms with E-state index in [4.69, 9.17) is 5.11 Å². The summed E-state index contributed by atoms with van der Waals surface area (Å²) in [5.74, 6) is 0.439. The summed E-state index contributed by atoms with van der Waals surface area (Å²) in [4.78, 5) is 0. The Morgan fingerprint density at radius 1 is 1.46 bits per heavy atom. The van der Waals surface area contributed by atoms with Gasteiger partial charge in [0.2, 0.25) is 0 Å². The van der Waals surface area contributed by atoms with Crippen LogP contribution in [-0.4, -0.2) is 35.5 Å². The van der Waals surface area contributed by atoms with Crippen molar-refractivity contribution >= 4 is 0 Å². The largest absolute Gasteiger partial charge is 0.393 e. The van der Waals surface area contributed by atoms with Crippen LogP contribution in [0.4, 0.5) is 0 Å². The average molecular weight is 187 g/mol. The highest BCUT2D eigenvalue weighted by Crippen LogP contribution is 2.24. The summed E-state index contributed by atoms with van der Waals surface area (Å²) in [6, 6.07) is 0. The van der Waals surface area contributed by atoms with Crippen LogP contribution in [0.3, 0.4) is 0 Å². The molecule has 0 aliphatic heterocycles. The third kappa shape index (κ3) is 4.07. The first kappa shape index (κ1) is 11.0. The van der Waals surface area contributed by atoms with Crippen molar-refractivity contribution in [2.45, 2.75) is 44.8 Å². The summed E-state index contributed by atoms with van der Waals surface area (Å²) in [5, 5.41) is 21.8. The highest BCUT2D eigenvalue weighted by molar-refractivity contribution is 4.78. The molecule has 0 amide bonds. The number of hydrogen-bond acceptors (Lipinski definition) is 3. The van der Waals surface area contributed by atoms with E-state index in [0.29, 0.717) is 5.92 Å². The Morgan fingerprint density at radius 2 is 2.23 bits per heavy atom. The van der Waals surface area contributed by atoms with Gasteiger partial charge in [-0.25, -0.2) is 0 Å². The zero-order valence-electron chi connectivity index (χ0n) is 8.37. The van der Waals surface area contributed by atoms with Gasteiger partial charge >= 0.3 is 0 Å². The first-order chi connectivity index (χ1) is 6.20. The molecule has 0 aromatic carbocycles. The molecule has 0 heterocycles. The van der Waals surface area contributed by atoms with Gasteiger partial charge in [-0.3, -0.25) is 0 Å². The fourth-order valence-electron chi connectivity index (χ4n) is 1.85. The minimum Gasteiger partial charge on any atom is -0.393 e. The third-order valence-electron chi connectivity index (χ3n) is 2.76. The molecule has 13 heavy (non-hydrogen) atoms. The molecule has 3 nitrogen and oxygen atoms in total. The smallest absolute Gasteiger partial charge is 0.0580 e. The van der Waals surface area contributed by atoms with E-state index in [-0.39, 0.29) is 12.2 Å². The van der Waals surface area contributed by atoms with E-state index in [1.165, 1.54) is 0 Å². The van der Waals surface area contributed by atoms with Crippen molar-refractivity contribution in [1.82, 2.24) is 5.32 Å². The summed E-state index contributed by atoms with van der Waals surface area (Å²) >= 11 is 0. The van der Waals surface area contributed by atoms with Gasteiger partial charge in [-0.15, -0.1) is 0 Å². The van der Waals surface area contributed by atoms with Crippen LogP contribution in [-0.2, 0) is 0 Å². The Hall–Kier alpha value is -0.120. The number of hydrogen-bond donors (Lipinski definition) is 3. The lowest BCUT2D eigenvalue weighted by Gasteiger charge is -2.15. The SMILES string of the molecule is CC(O)CCNCC1CCCC1O. The summed E-state index contributed by atoms with van der Waals surface area (Å²) in [6.45, 7) is 3.54. The average Bonchev–Trinajstić information content (AvgIpc) is 2.45. The van der Waals surface area contributed by atoms with Gasteiger partial charge in [0.15, 0.2) is 0 Å². The van der Waals surface area contributed by atoms with Crippen LogP contribution in [0.5, 0.6) is 0 Å². The normalized spacial score (nSPS) is 30.7. The van der Waals surface area contributed by atoms with Crippen molar-refractivity contribution in [2.75, 3.05) is 13.1 Å². The summed E-state index contributed by atoms with van der Waals surface area (Å²) in [7, 11) is 0. The molecular weight excluding hydrogens is 166 g/mol. The zero-order valence-corrected chi connectivity index (χ0v) is 8.37. The maximum Gasteiger partial charge on any atom is 0.0580 e. The Kier molecular flexibility index (Phi) is 4.70. The van der Waals surface area contributed by atoms with E-state index in [2.05, 4.69) is 5.32 Å². The molecule has 1 rings (SSSR count). The van der Waals surface area contributed by atoms with Crippen LogP contribution in [0.1, 0.15) is 32.6 Å². The molecule has 0 saturated heterocycles. The molecule has 78 valence electrons. The Labute approximate surface area is 80.2 Å². The van der Waals surface area contributed by atoms with Crippen molar-refractivity contribution < 1.29 is 10.2 Å². The Balaban J connectivity index is 1.99. The van der Waals surface area contributed by atoms with Crippen LogP contribution in [0.15, 0.2) is 0 Å². The molecule has 1 aliphatic carbocycles. The van der Waals surface area contributed by atoms with Crippen molar-refractivity contribution in [3.05, 3.63) is 0 Å². The van der Waals surface area contributed by atoms with Crippen LogP contribution in [0.25, 0.3) is 0 Å². The van der Waals surface area contributed by atoms with Gasteiger partial charge in [-0.1, -0.05) is 6.42 Å². The molecule has 0 bridgehead atoms. The van der Waals surface area contributed by atoms with Gasteiger partial charge in [0.05, 0.1) is 12.2 Å². The third-order valence-corrected chi connectivity index (χ3v) is 2.76. The molecule has 0 aromatic rings. The predicted octanol–water partition coefficient (Wildman–Crippen LogP) is 0.508. The quantitative estimate of drug-likeness (QED) is 0.550. The summed E-state index contributed by atoms with van der Waals surface area (Å²) in [5.41, 5.74) is 0. The van der Waals surface area contributed by atoms with E-state index >= 15 is 0 Å². The second-order valence-corrected chi connectivity index (χ2v) is 4.10. The molecular formula is C10H21NO2. The highest BCUT2D eigenvalue weighted by atomic mass is 16.3. The van der Waals surface area contributed by atoms with Crippen molar-refractivity contribution in [3.63, 3.8) is 0 Å². The number of rotatable bonds is 5. The molecule has 3 N–H and O–H groups in total. The number of aliphatic hydroxyl groups excluding tert-OH is 2. The van der Waals surface area contributed by atoms with Gasteiger partial charge in [0.1, 0.15) is 0 Å². The number of nitrogens with one attached hydrogen (secondary N) is 1. The maximum atomic E-state index is 9.51. The van der Waals surface area contributed by atoms with Crippen molar-refractivity contribution in [3.8, 4) is 0 Å². The standard InChI is InChI=1S/C10H21NO2/c1-8(12)5-6-11-7-9-3-2-4-10(9)13/h8-13H,2-7H2,1H3. The molecule has 3 unspecified atom stereocenters. The van der Waals surface area contributed by atoms with Gasteiger partial charge in [0.25, 0.3) is 0 Å². The maximum absolute atomic E-state index is 9.51. The molecule has 0 aromatic heterocycles. The molecule has 3 atom stereocenters. The highest BCUT2D eigenvalue weighted by Gasteiger charge is 2.24. The first-order valence-corrected chi connectivity index (χ1v) is 5.27. The topological polar surface area (TPSA) is 52.5 Å². The molecule has 0 spiro atoms. The first-order valence-electron chi connectivity index (χ1n) is 5.27. The van der Waals surface area contributed by atoms with Gasteiger partial charge < -0.3 is 15.5 Å². The Bertz CT molecular complexity index is 139. The fourth-order valence-corrected chi connectivity index (χ4v) is 1.85. The molecule has 1 fully saturated rings. The van der Waals surface area contributed by atoms with E-state index < -0.39 is 0 Å². The van der Waals surface area contributed by atoms with Gasteiger partial charge in [-0.05, 0) is 38.6 Å². The van der Waals surface area contributed by atoms with E-state index in [1.54, 1.807) is 6.92 Å². The fraction of sp³-hybridized carbons (Fsp3) is 1.00. The van der Waals surface area contributed by atoms with Crippen LogP contribution in [0, 0.1) is 5.92 Å². The summed E-state index contributed by atoms with van der Waals surface area (Å²) < 4.78 is 0. The molecule has 1 saturated carbocycles. The predicted molar refractivity (Wildman–Crippen MR) is 52.5 cm³/mol. The lowest BCUT2D eigenvalue weighted by molar-refractivity contribution is 0.130. The lowest BCUT2D eigenvalue weighted by atomic mass is 10.1. The van der Waals surface area contributed by atoms with Crippen LogP contribution < -0.4 is 5.32 Å². The van der Waals surface area contributed by atoms with Crippen LogP contribution >= 0.6 is 0 Å². The summed E-state index contributed by atoms with van der Waals surface area (Å²) in [6.07, 6.45) is 3.73. The minimum atomic E-state index is -0.221. The van der Waals surface area contributed by atoms with Crippen molar-refractivity contribution in [1.29, 1.82) is 0 Å². The lowest BCUT2D eigenvalue weighted by Crippen LogP contribution is -2.29. The Morgan fingerprint density at radius 3 is 2.77 bits per heavy atom. The monoisotopic (exact) mass is 187 g/mol. The van der Waals surface area contributed by atoms with Crippen molar-refractivity contribution in [2.24, 2.45) is 5.92 Å².